The van der Waals surface area contributed by atoms with Crippen LogP contribution in [0.1, 0.15) is 72.6 Å². The summed E-state index contributed by atoms with van der Waals surface area (Å²) in [5.41, 5.74) is 0.584. The molecule has 4 rings (SSSR count). The van der Waals surface area contributed by atoms with Gasteiger partial charge in [0.1, 0.15) is 17.9 Å². The number of rotatable bonds is 2. The lowest BCUT2D eigenvalue weighted by Gasteiger charge is -2.62. The summed E-state index contributed by atoms with van der Waals surface area (Å²) in [6, 6.07) is 0.348. The molecule has 3 nitrogen and oxygen atoms in total. The molecule has 0 heterocycles. The molecule has 4 saturated carbocycles. The fraction of sp³-hybridized carbons (Fsp3) is 0.960. The monoisotopic (exact) mass is 469 g/mol. The van der Waals surface area contributed by atoms with Gasteiger partial charge in [0.15, 0.2) is 0 Å². The summed E-state index contributed by atoms with van der Waals surface area (Å²) in [5, 5.41) is 10.9. The standard InChI is InChI=1S/C25H44NO2.BrH/c1-15-12-20-18-9-8-17-13-22(28)21(26(5,6)7)14-25(17,4)19(18)10-11-24(20,3)23(15)16(2)27;/h15,17-23,28H,8-14H2,1-7H3;1H/q+1;/p-1. The number of hydrogen-bond donors (Lipinski definition) is 1. The number of Topliss-reactive ketones (excluding diaryl/α,β-unsaturated/α-hetero) is 1. The molecule has 0 aliphatic heterocycles. The van der Waals surface area contributed by atoms with Crippen LogP contribution in [0.5, 0.6) is 0 Å². The number of carbonyl (C=O) groups is 1. The Balaban J connectivity index is 0.00000240. The summed E-state index contributed by atoms with van der Waals surface area (Å²) in [5.74, 6) is 4.22. The van der Waals surface area contributed by atoms with Crippen LogP contribution in [0.15, 0.2) is 0 Å². The molecule has 0 radical (unpaired) electrons. The van der Waals surface area contributed by atoms with Gasteiger partial charge in [0.05, 0.1) is 21.1 Å². The Morgan fingerprint density at radius 2 is 1.66 bits per heavy atom. The van der Waals surface area contributed by atoms with E-state index in [0.717, 1.165) is 28.7 Å². The van der Waals surface area contributed by atoms with Crippen LogP contribution >= 0.6 is 0 Å². The molecule has 10 atom stereocenters. The summed E-state index contributed by atoms with van der Waals surface area (Å²) in [7, 11) is 6.77. The van der Waals surface area contributed by atoms with Crippen LogP contribution in [0.2, 0.25) is 0 Å². The number of carbonyl (C=O) groups excluding carboxylic acids is 1. The number of aliphatic hydroxyl groups excluding tert-OH is 1. The van der Waals surface area contributed by atoms with E-state index in [1.54, 1.807) is 0 Å². The maximum atomic E-state index is 12.5. The van der Waals surface area contributed by atoms with E-state index in [4.69, 9.17) is 0 Å². The molecular weight excluding hydrogens is 426 g/mol. The van der Waals surface area contributed by atoms with E-state index in [1.165, 1.54) is 38.5 Å². The van der Waals surface area contributed by atoms with Gasteiger partial charge in [0, 0.05) is 12.3 Å². The van der Waals surface area contributed by atoms with E-state index in [0.29, 0.717) is 29.1 Å². The predicted octanol–water partition coefficient (Wildman–Crippen LogP) is 1.53. The van der Waals surface area contributed by atoms with Gasteiger partial charge in [-0.25, -0.2) is 0 Å². The molecule has 4 aliphatic rings. The second-order valence-corrected chi connectivity index (χ2v) is 12.7. The van der Waals surface area contributed by atoms with Crippen LogP contribution < -0.4 is 17.0 Å². The van der Waals surface area contributed by atoms with Gasteiger partial charge in [-0.05, 0) is 85.9 Å². The van der Waals surface area contributed by atoms with E-state index < -0.39 is 0 Å². The number of quaternary nitrogens is 1. The number of halogens is 1. The highest BCUT2D eigenvalue weighted by Crippen LogP contribution is 2.68. The minimum Gasteiger partial charge on any atom is -1.00 e. The largest absolute Gasteiger partial charge is 1.00 e. The van der Waals surface area contributed by atoms with Crippen molar-refractivity contribution in [2.75, 3.05) is 21.1 Å². The molecule has 0 spiro atoms. The first-order valence-corrected chi connectivity index (χ1v) is 11.9. The van der Waals surface area contributed by atoms with Crippen LogP contribution in [-0.4, -0.2) is 48.7 Å². The van der Waals surface area contributed by atoms with Gasteiger partial charge in [0.2, 0.25) is 0 Å². The van der Waals surface area contributed by atoms with Gasteiger partial charge in [-0.3, -0.25) is 4.79 Å². The molecule has 4 heteroatoms. The third-order valence-corrected chi connectivity index (χ3v) is 10.5. The lowest BCUT2D eigenvalue weighted by molar-refractivity contribution is -0.902. The molecule has 168 valence electrons. The summed E-state index contributed by atoms with van der Waals surface area (Å²) in [6.45, 7) is 9.21. The lowest BCUT2D eigenvalue weighted by Crippen LogP contribution is -3.00. The molecule has 0 saturated heterocycles. The molecule has 0 aromatic rings. The third-order valence-electron chi connectivity index (χ3n) is 10.5. The first kappa shape index (κ1) is 23.7. The van der Waals surface area contributed by atoms with Gasteiger partial charge < -0.3 is 26.6 Å². The van der Waals surface area contributed by atoms with Crippen molar-refractivity contribution in [1.82, 2.24) is 0 Å². The Labute approximate surface area is 189 Å². The number of ketones is 1. The number of hydrogen-bond acceptors (Lipinski definition) is 2. The zero-order chi connectivity index (χ0) is 20.6. The molecule has 4 fully saturated rings. The van der Waals surface area contributed by atoms with Crippen molar-refractivity contribution >= 4 is 5.78 Å². The fourth-order valence-electron chi connectivity index (χ4n) is 9.29. The highest BCUT2D eigenvalue weighted by atomic mass is 79.9. The molecule has 1 N–H and O–H groups in total. The second-order valence-electron chi connectivity index (χ2n) is 12.7. The third kappa shape index (κ3) is 3.48. The lowest BCUT2D eigenvalue weighted by atomic mass is 9.44. The molecule has 0 aromatic heterocycles. The van der Waals surface area contributed by atoms with Gasteiger partial charge in [-0.15, -0.1) is 0 Å². The Hall–Kier alpha value is 0.0700. The van der Waals surface area contributed by atoms with Crippen LogP contribution in [0.25, 0.3) is 0 Å². The average Bonchev–Trinajstić information content (AvgIpc) is 2.84. The minimum absolute atomic E-state index is 0. The molecule has 29 heavy (non-hydrogen) atoms. The summed E-state index contributed by atoms with van der Waals surface area (Å²) in [6.07, 6.45) is 8.39. The predicted molar refractivity (Wildman–Crippen MR) is 114 cm³/mol. The number of aliphatic hydroxyl groups is 1. The SMILES string of the molecule is CC(=O)C1C(C)CC2C3CCC4CC(O)C([N+](C)(C)C)CC4(C)C3CCC21C.[Br-]. The van der Waals surface area contributed by atoms with Crippen molar-refractivity contribution in [3.05, 3.63) is 0 Å². The van der Waals surface area contributed by atoms with Gasteiger partial charge in [0.25, 0.3) is 0 Å². The highest BCUT2D eigenvalue weighted by Gasteiger charge is 2.63. The van der Waals surface area contributed by atoms with Crippen LogP contribution in [0.3, 0.4) is 0 Å². The summed E-state index contributed by atoms with van der Waals surface area (Å²) in [4.78, 5) is 12.5. The van der Waals surface area contributed by atoms with Gasteiger partial charge >= 0.3 is 0 Å². The molecule has 4 aliphatic carbocycles. The normalized spacial score (nSPS) is 52.0. The average molecular weight is 471 g/mol. The van der Waals surface area contributed by atoms with Crippen molar-refractivity contribution in [1.29, 1.82) is 0 Å². The summed E-state index contributed by atoms with van der Waals surface area (Å²) >= 11 is 0. The Kier molecular flexibility index (Phi) is 6.21. The summed E-state index contributed by atoms with van der Waals surface area (Å²) < 4.78 is 0.867. The van der Waals surface area contributed by atoms with Gasteiger partial charge in [-0.2, -0.15) is 0 Å². The highest BCUT2D eigenvalue weighted by molar-refractivity contribution is 5.80. The number of fused-ring (bicyclic) bond motifs is 5. The van der Waals surface area contributed by atoms with Crippen molar-refractivity contribution in [3.63, 3.8) is 0 Å². The van der Waals surface area contributed by atoms with Crippen molar-refractivity contribution < 1.29 is 31.4 Å². The first-order chi connectivity index (χ1) is 12.9. The van der Waals surface area contributed by atoms with E-state index in [1.807, 2.05) is 6.92 Å². The van der Waals surface area contributed by atoms with E-state index in [2.05, 4.69) is 41.9 Å². The Bertz CT molecular complexity index is 645. The van der Waals surface area contributed by atoms with E-state index >= 15 is 0 Å². The first-order valence-electron chi connectivity index (χ1n) is 11.9. The van der Waals surface area contributed by atoms with Crippen molar-refractivity contribution in [2.24, 2.45) is 46.3 Å². The zero-order valence-corrected chi connectivity index (χ0v) is 21.3. The van der Waals surface area contributed by atoms with Crippen LogP contribution in [0.4, 0.5) is 0 Å². The number of nitrogens with zero attached hydrogens (tertiary/aromatic N) is 1. The van der Waals surface area contributed by atoms with E-state index in [-0.39, 0.29) is 34.4 Å². The van der Waals surface area contributed by atoms with Crippen molar-refractivity contribution in [3.8, 4) is 0 Å². The van der Waals surface area contributed by atoms with Crippen LogP contribution in [0, 0.1) is 46.3 Å². The topological polar surface area (TPSA) is 37.3 Å². The number of likely N-dealkylation sites (N-methyl/N-ethyl adjacent to an activating group) is 1. The Morgan fingerprint density at radius 1 is 1.00 bits per heavy atom. The maximum Gasteiger partial charge on any atom is 0.133 e. The minimum atomic E-state index is -0.155. The smallest absolute Gasteiger partial charge is 0.133 e. The zero-order valence-electron chi connectivity index (χ0n) is 19.7. The van der Waals surface area contributed by atoms with E-state index in [9.17, 15) is 9.90 Å². The maximum absolute atomic E-state index is 12.5. The molecular formula is C25H44BrNO2. The fourth-order valence-corrected chi connectivity index (χ4v) is 9.29. The van der Waals surface area contributed by atoms with Gasteiger partial charge in [-0.1, -0.05) is 20.8 Å². The van der Waals surface area contributed by atoms with Crippen molar-refractivity contribution in [2.45, 2.75) is 84.8 Å². The molecule has 0 aromatic carbocycles. The molecule has 10 unspecified atom stereocenters. The molecule has 0 bridgehead atoms. The Morgan fingerprint density at radius 3 is 2.24 bits per heavy atom. The quantitative estimate of drug-likeness (QED) is 0.622. The van der Waals surface area contributed by atoms with Crippen LogP contribution in [-0.2, 0) is 4.79 Å². The second kappa shape index (κ2) is 7.59. The molecule has 0 amide bonds.